The van der Waals surface area contributed by atoms with Crippen molar-refractivity contribution in [1.29, 1.82) is 0 Å². The first-order valence-corrected chi connectivity index (χ1v) is 8.64. The zero-order valence-corrected chi connectivity index (χ0v) is 14.3. The van der Waals surface area contributed by atoms with Crippen LogP contribution in [0, 0.1) is 20.8 Å². The van der Waals surface area contributed by atoms with Gasteiger partial charge in [0, 0.05) is 11.1 Å². The van der Waals surface area contributed by atoms with E-state index in [0.717, 1.165) is 43.2 Å². The van der Waals surface area contributed by atoms with E-state index >= 15 is 0 Å². The molecule has 0 spiro atoms. The normalized spacial score (nSPS) is 10.9. The van der Waals surface area contributed by atoms with Gasteiger partial charge in [0.05, 0.1) is 27.9 Å². The first-order chi connectivity index (χ1) is 10.6. The van der Waals surface area contributed by atoms with E-state index in [1.54, 1.807) is 22.7 Å². The molecule has 0 aliphatic rings. The second kappa shape index (κ2) is 6.16. The molecule has 2 aromatic heterocycles. The van der Waals surface area contributed by atoms with Gasteiger partial charge in [0.15, 0.2) is 5.13 Å². The molecule has 0 fully saturated rings. The predicted molar refractivity (Wildman–Crippen MR) is 93.1 cm³/mol. The average Bonchev–Trinajstić information content (AvgIpc) is 3.07. The number of aryl methyl sites for hydroxylation is 3. The molecule has 22 heavy (non-hydrogen) atoms. The third-order valence-electron chi connectivity index (χ3n) is 3.36. The fraction of sp³-hybridized carbons (Fsp3) is 0.250. The van der Waals surface area contributed by atoms with Gasteiger partial charge in [0.25, 0.3) is 0 Å². The summed E-state index contributed by atoms with van der Waals surface area (Å²) in [5.41, 5.74) is 5.02. The van der Waals surface area contributed by atoms with Crippen LogP contribution in [-0.4, -0.2) is 15.1 Å². The Hall–Kier alpha value is -1.76. The molecule has 2 heterocycles. The van der Waals surface area contributed by atoms with E-state index in [0.29, 0.717) is 0 Å². The molecule has 0 aliphatic carbocycles. The van der Waals surface area contributed by atoms with E-state index in [-0.39, 0.29) is 6.61 Å². The lowest BCUT2D eigenvalue weighted by Crippen LogP contribution is -1.94. The summed E-state index contributed by atoms with van der Waals surface area (Å²) < 4.78 is 0. The molecule has 0 radical (unpaired) electrons. The summed E-state index contributed by atoms with van der Waals surface area (Å²) in [7, 11) is 0. The number of nitrogens with one attached hydrogen (secondary N) is 1. The summed E-state index contributed by atoms with van der Waals surface area (Å²) >= 11 is 3.26. The number of aromatic nitrogens is 2. The second-order valence-corrected chi connectivity index (χ2v) is 7.18. The Kier molecular flexibility index (Phi) is 4.24. The molecule has 0 unspecified atom stereocenters. The summed E-state index contributed by atoms with van der Waals surface area (Å²) in [5, 5.41) is 16.5. The molecule has 3 aromatic rings. The van der Waals surface area contributed by atoms with Crippen LogP contribution in [-0.2, 0) is 6.61 Å². The lowest BCUT2D eigenvalue weighted by atomic mass is 10.1. The molecule has 0 atom stereocenters. The summed E-state index contributed by atoms with van der Waals surface area (Å²) in [6, 6.07) is 5.87. The van der Waals surface area contributed by atoms with Crippen LogP contribution in [0.5, 0.6) is 0 Å². The molecule has 0 saturated heterocycles. The number of hydrogen-bond acceptors (Lipinski definition) is 6. The first-order valence-electron chi connectivity index (χ1n) is 6.94. The van der Waals surface area contributed by atoms with Crippen LogP contribution in [0.25, 0.3) is 10.6 Å². The molecular formula is C16H17N3OS2. The van der Waals surface area contributed by atoms with Gasteiger partial charge in [-0.1, -0.05) is 12.1 Å². The largest absolute Gasteiger partial charge is 0.392 e. The minimum absolute atomic E-state index is 0.0620. The van der Waals surface area contributed by atoms with Crippen LogP contribution in [0.3, 0.4) is 0 Å². The van der Waals surface area contributed by atoms with Gasteiger partial charge in [-0.05, 0) is 38.0 Å². The predicted octanol–water partition coefficient (Wildman–Crippen LogP) is 4.43. The van der Waals surface area contributed by atoms with Gasteiger partial charge < -0.3 is 10.4 Å². The molecular weight excluding hydrogens is 314 g/mol. The van der Waals surface area contributed by atoms with Crippen molar-refractivity contribution >= 4 is 33.5 Å². The number of aliphatic hydroxyl groups is 1. The summed E-state index contributed by atoms with van der Waals surface area (Å²) in [6.07, 6.45) is 0. The van der Waals surface area contributed by atoms with Crippen molar-refractivity contribution < 1.29 is 5.11 Å². The van der Waals surface area contributed by atoms with Crippen molar-refractivity contribution in [3.8, 4) is 10.6 Å². The molecule has 6 heteroatoms. The molecule has 0 aliphatic heterocycles. The topological polar surface area (TPSA) is 58.0 Å². The molecule has 0 amide bonds. The van der Waals surface area contributed by atoms with Crippen LogP contribution in [0.4, 0.5) is 10.8 Å². The number of thiazole rings is 2. The van der Waals surface area contributed by atoms with Crippen LogP contribution in [0.15, 0.2) is 23.6 Å². The lowest BCUT2D eigenvalue weighted by molar-refractivity contribution is 0.282. The molecule has 114 valence electrons. The van der Waals surface area contributed by atoms with E-state index in [4.69, 9.17) is 5.11 Å². The van der Waals surface area contributed by atoms with Gasteiger partial charge in [0.2, 0.25) is 0 Å². The van der Waals surface area contributed by atoms with Crippen LogP contribution in [0.2, 0.25) is 0 Å². The fourth-order valence-corrected chi connectivity index (χ4v) is 3.95. The van der Waals surface area contributed by atoms with Gasteiger partial charge in [0.1, 0.15) is 0 Å². The summed E-state index contributed by atoms with van der Waals surface area (Å²) in [5.74, 6) is 0. The Morgan fingerprint density at radius 3 is 2.64 bits per heavy atom. The number of benzene rings is 1. The first kappa shape index (κ1) is 15.1. The standard InChI is InChI=1S/C16H17N3OS2/c1-9-6-12(7-20)4-5-13(9)18-16-19-14(8-21-16)15-10(2)17-11(3)22-15/h4-6,8,20H,7H2,1-3H3,(H,18,19). The molecule has 2 N–H and O–H groups in total. The van der Waals surface area contributed by atoms with E-state index in [2.05, 4.69) is 20.7 Å². The van der Waals surface area contributed by atoms with Crippen molar-refractivity contribution in [1.82, 2.24) is 9.97 Å². The van der Waals surface area contributed by atoms with Gasteiger partial charge in [-0.2, -0.15) is 0 Å². The van der Waals surface area contributed by atoms with Gasteiger partial charge >= 0.3 is 0 Å². The van der Waals surface area contributed by atoms with E-state index in [9.17, 15) is 0 Å². The average molecular weight is 331 g/mol. The quantitative estimate of drug-likeness (QED) is 0.742. The van der Waals surface area contributed by atoms with E-state index < -0.39 is 0 Å². The smallest absolute Gasteiger partial charge is 0.187 e. The third-order valence-corrected chi connectivity index (χ3v) is 5.21. The van der Waals surface area contributed by atoms with Crippen LogP contribution < -0.4 is 5.32 Å². The molecule has 4 nitrogen and oxygen atoms in total. The zero-order chi connectivity index (χ0) is 15.7. The number of nitrogens with zero attached hydrogens (tertiary/aromatic N) is 2. The Labute approximate surface area is 137 Å². The third kappa shape index (κ3) is 3.04. The summed E-state index contributed by atoms with van der Waals surface area (Å²) in [6.45, 7) is 6.11. The Morgan fingerprint density at radius 2 is 2.00 bits per heavy atom. The molecule has 3 rings (SSSR count). The number of aliphatic hydroxyl groups excluding tert-OH is 1. The summed E-state index contributed by atoms with van der Waals surface area (Å²) in [4.78, 5) is 10.2. The van der Waals surface area contributed by atoms with Crippen LogP contribution >= 0.6 is 22.7 Å². The highest BCUT2D eigenvalue weighted by Gasteiger charge is 2.12. The minimum Gasteiger partial charge on any atom is -0.392 e. The maximum absolute atomic E-state index is 9.16. The SMILES string of the molecule is Cc1nc(C)c(-c2csc(Nc3ccc(CO)cc3C)n2)s1. The molecule has 0 saturated carbocycles. The van der Waals surface area contributed by atoms with Gasteiger partial charge in [-0.3, -0.25) is 0 Å². The zero-order valence-electron chi connectivity index (χ0n) is 12.7. The highest BCUT2D eigenvalue weighted by molar-refractivity contribution is 7.16. The Bertz CT molecular complexity index is 808. The monoisotopic (exact) mass is 331 g/mol. The Balaban J connectivity index is 1.84. The van der Waals surface area contributed by atoms with Crippen molar-refractivity contribution in [2.24, 2.45) is 0 Å². The number of anilines is 2. The van der Waals surface area contributed by atoms with E-state index in [1.165, 1.54) is 0 Å². The maximum Gasteiger partial charge on any atom is 0.187 e. The van der Waals surface area contributed by atoms with Crippen molar-refractivity contribution in [3.05, 3.63) is 45.4 Å². The van der Waals surface area contributed by atoms with Gasteiger partial charge in [-0.15, -0.1) is 22.7 Å². The van der Waals surface area contributed by atoms with Crippen LogP contribution in [0.1, 0.15) is 21.8 Å². The van der Waals surface area contributed by atoms with Gasteiger partial charge in [-0.25, -0.2) is 9.97 Å². The Morgan fingerprint density at radius 1 is 1.18 bits per heavy atom. The fourth-order valence-electron chi connectivity index (χ4n) is 2.28. The number of rotatable bonds is 4. The van der Waals surface area contributed by atoms with E-state index in [1.807, 2.05) is 39.0 Å². The molecule has 1 aromatic carbocycles. The second-order valence-electron chi connectivity index (χ2n) is 5.12. The maximum atomic E-state index is 9.16. The van der Waals surface area contributed by atoms with Crippen molar-refractivity contribution in [2.45, 2.75) is 27.4 Å². The highest BCUT2D eigenvalue weighted by atomic mass is 32.1. The van der Waals surface area contributed by atoms with Crippen molar-refractivity contribution in [2.75, 3.05) is 5.32 Å². The number of hydrogen-bond donors (Lipinski definition) is 2. The molecule has 0 bridgehead atoms. The lowest BCUT2D eigenvalue weighted by Gasteiger charge is -2.08. The van der Waals surface area contributed by atoms with Crippen molar-refractivity contribution in [3.63, 3.8) is 0 Å². The minimum atomic E-state index is 0.0620. The highest BCUT2D eigenvalue weighted by Crippen LogP contribution is 2.33.